The zero-order valence-electron chi connectivity index (χ0n) is 6.89. The van der Waals surface area contributed by atoms with E-state index in [0.29, 0.717) is 12.0 Å². The summed E-state index contributed by atoms with van der Waals surface area (Å²) in [6, 6.07) is 0. The van der Waals surface area contributed by atoms with Crippen LogP contribution in [0, 0.1) is 5.92 Å². The second-order valence-electron chi connectivity index (χ2n) is 3.10. The smallest absolute Gasteiger partial charge is 0.168 e. The van der Waals surface area contributed by atoms with Crippen LogP contribution in [0.1, 0.15) is 26.7 Å². The molecule has 0 saturated carbocycles. The summed E-state index contributed by atoms with van der Waals surface area (Å²) in [5, 5.41) is 0. The van der Waals surface area contributed by atoms with Gasteiger partial charge in [0.2, 0.25) is 0 Å². The van der Waals surface area contributed by atoms with Crippen LogP contribution in [0.2, 0.25) is 0 Å². The molecule has 0 atom stereocenters. The summed E-state index contributed by atoms with van der Waals surface area (Å²) in [7, 11) is 0. The van der Waals surface area contributed by atoms with Crippen molar-refractivity contribution in [3.63, 3.8) is 0 Å². The number of carbonyl (C=O) groups is 2. The van der Waals surface area contributed by atoms with Gasteiger partial charge in [-0.3, -0.25) is 9.59 Å². The minimum atomic E-state index is -0.0525. The van der Waals surface area contributed by atoms with Crippen LogP contribution in [-0.4, -0.2) is 11.6 Å². The summed E-state index contributed by atoms with van der Waals surface area (Å²) in [5.74, 6) is -0.0421. The topological polar surface area (TPSA) is 34.1 Å². The zero-order chi connectivity index (χ0) is 8.43. The van der Waals surface area contributed by atoms with Gasteiger partial charge in [-0.2, -0.15) is 0 Å². The molecule has 0 radical (unpaired) electrons. The van der Waals surface area contributed by atoms with Crippen molar-refractivity contribution in [1.82, 2.24) is 0 Å². The van der Waals surface area contributed by atoms with Gasteiger partial charge in [0.05, 0.1) is 5.57 Å². The lowest BCUT2D eigenvalue weighted by atomic mass is 10.0. The van der Waals surface area contributed by atoms with E-state index >= 15 is 0 Å². The molecule has 2 nitrogen and oxygen atoms in total. The zero-order valence-corrected chi connectivity index (χ0v) is 6.89. The fraction of sp³-hybridized carbons (Fsp3) is 0.556. The molecular weight excluding hydrogens is 140 g/mol. The molecule has 0 unspecified atom stereocenters. The van der Waals surface area contributed by atoms with Gasteiger partial charge in [0.15, 0.2) is 11.6 Å². The quantitative estimate of drug-likeness (QED) is 0.562. The summed E-state index contributed by atoms with van der Waals surface area (Å²) in [6.45, 7) is 3.63. The fourth-order valence-electron chi connectivity index (χ4n) is 1.15. The van der Waals surface area contributed by atoms with Crippen LogP contribution < -0.4 is 0 Å². The van der Waals surface area contributed by atoms with Gasteiger partial charge < -0.3 is 0 Å². The molecule has 1 aliphatic rings. The third-order valence-electron chi connectivity index (χ3n) is 1.81. The highest BCUT2D eigenvalue weighted by Gasteiger charge is 2.23. The maximum absolute atomic E-state index is 11.3. The molecule has 0 spiro atoms. The van der Waals surface area contributed by atoms with Crippen LogP contribution in [0.3, 0.4) is 0 Å². The van der Waals surface area contributed by atoms with Gasteiger partial charge in [0.1, 0.15) is 0 Å². The Bertz CT molecular complexity index is 224. The second kappa shape index (κ2) is 2.99. The molecule has 0 aromatic heterocycles. The number of hydrogen-bond donors (Lipinski definition) is 0. The summed E-state index contributed by atoms with van der Waals surface area (Å²) < 4.78 is 0. The lowest BCUT2D eigenvalue weighted by Gasteiger charge is -2.02. The molecule has 0 fully saturated rings. The first-order chi connectivity index (χ1) is 5.13. The molecule has 0 amide bonds. The lowest BCUT2D eigenvalue weighted by molar-refractivity contribution is -0.122. The van der Waals surface area contributed by atoms with E-state index < -0.39 is 0 Å². The van der Waals surface area contributed by atoms with E-state index in [1.807, 2.05) is 13.8 Å². The third-order valence-corrected chi connectivity index (χ3v) is 1.81. The van der Waals surface area contributed by atoms with Crippen molar-refractivity contribution >= 4 is 11.6 Å². The van der Waals surface area contributed by atoms with E-state index in [4.69, 9.17) is 0 Å². The molecule has 0 aliphatic heterocycles. The van der Waals surface area contributed by atoms with E-state index in [0.717, 1.165) is 6.42 Å². The van der Waals surface area contributed by atoms with E-state index in [-0.39, 0.29) is 17.5 Å². The van der Waals surface area contributed by atoms with E-state index in [1.165, 1.54) is 0 Å². The van der Waals surface area contributed by atoms with Crippen LogP contribution in [0.15, 0.2) is 11.6 Å². The molecule has 0 aromatic carbocycles. The lowest BCUT2D eigenvalue weighted by Crippen LogP contribution is -2.14. The van der Waals surface area contributed by atoms with Gasteiger partial charge in [0.25, 0.3) is 0 Å². The van der Waals surface area contributed by atoms with Gasteiger partial charge in [-0.1, -0.05) is 19.9 Å². The summed E-state index contributed by atoms with van der Waals surface area (Å²) in [5.41, 5.74) is 0.431. The highest BCUT2D eigenvalue weighted by Crippen LogP contribution is 2.17. The third kappa shape index (κ3) is 1.56. The van der Waals surface area contributed by atoms with Crippen LogP contribution in [0.4, 0.5) is 0 Å². The van der Waals surface area contributed by atoms with Crippen LogP contribution >= 0.6 is 0 Å². The molecule has 11 heavy (non-hydrogen) atoms. The van der Waals surface area contributed by atoms with E-state index in [1.54, 1.807) is 6.08 Å². The van der Waals surface area contributed by atoms with Crippen molar-refractivity contribution < 1.29 is 9.59 Å². The van der Waals surface area contributed by atoms with Gasteiger partial charge in [-0.15, -0.1) is 0 Å². The van der Waals surface area contributed by atoms with Crippen molar-refractivity contribution in [1.29, 1.82) is 0 Å². The Balaban J connectivity index is 2.75. The first kappa shape index (κ1) is 8.18. The number of carbonyl (C=O) groups excluding carboxylic acids is 2. The second-order valence-corrected chi connectivity index (χ2v) is 3.10. The van der Waals surface area contributed by atoms with Crippen molar-refractivity contribution in [3.05, 3.63) is 11.6 Å². The van der Waals surface area contributed by atoms with Crippen LogP contribution in [-0.2, 0) is 9.59 Å². The number of rotatable bonds is 2. The van der Waals surface area contributed by atoms with Gasteiger partial charge in [-0.05, 0) is 6.42 Å². The highest BCUT2D eigenvalue weighted by molar-refractivity contribution is 6.21. The van der Waals surface area contributed by atoms with Crippen LogP contribution in [0.5, 0.6) is 0 Å². The van der Waals surface area contributed by atoms with Gasteiger partial charge in [0, 0.05) is 12.3 Å². The Morgan fingerprint density at radius 1 is 1.55 bits per heavy atom. The van der Waals surface area contributed by atoms with Crippen molar-refractivity contribution in [2.45, 2.75) is 26.7 Å². The molecule has 1 rings (SSSR count). The highest BCUT2D eigenvalue weighted by atomic mass is 16.1. The van der Waals surface area contributed by atoms with Gasteiger partial charge in [-0.25, -0.2) is 0 Å². The monoisotopic (exact) mass is 152 g/mol. The Morgan fingerprint density at radius 2 is 2.18 bits per heavy atom. The fourth-order valence-corrected chi connectivity index (χ4v) is 1.15. The van der Waals surface area contributed by atoms with E-state index in [9.17, 15) is 9.59 Å². The van der Waals surface area contributed by atoms with Crippen LogP contribution in [0.25, 0.3) is 0 Å². The average Bonchev–Trinajstić information content (AvgIpc) is 2.33. The number of hydrogen-bond acceptors (Lipinski definition) is 2. The summed E-state index contributed by atoms with van der Waals surface area (Å²) >= 11 is 0. The molecule has 0 saturated heterocycles. The number of allylic oxidation sites excluding steroid dienone is 2. The predicted molar refractivity (Wildman–Crippen MR) is 42.2 cm³/mol. The SMILES string of the molecule is CC(C)C(=O)C1=CCCC1=O. The van der Waals surface area contributed by atoms with Crippen molar-refractivity contribution in [2.24, 2.45) is 5.92 Å². The molecule has 0 heterocycles. The largest absolute Gasteiger partial charge is 0.294 e. The average molecular weight is 152 g/mol. The summed E-state index contributed by atoms with van der Waals surface area (Å²) in [4.78, 5) is 22.3. The molecular formula is C9H12O2. The minimum Gasteiger partial charge on any atom is -0.294 e. The van der Waals surface area contributed by atoms with Gasteiger partial charge >= 0.3 is 0 Å². The first-order valence-electron chi connectivity index (χ1n) is 3.90. The summed E-state index contributed by atoms with van der Waals surface area (Å²) in [6.07, 6.45) is 3.02. The molecule has 0 aromatic rings. The Labute approximate surface area is 66.3 Å². The number of Topliss-reactive ketones (excluding diaryl/α,β-unsaturated/α-hetero) is 2. The molecule has 2 heteroatoms. The molecule has 60 valence electrons. The molecule has 1 aliphatic carbocycles. The standard InChI is InChI=1S/C9H12O2/c1-6(2)9(11)7-4-3-5-8(7)10/h4,6H,3,5H2,1-2H3. The Hall–Kier alpha value is -0.920. The van der Waals surface area contributed by atoms with Crippen molar-refractivity contribution in [3.8, 4) is 0 Å². The predicted octanol–water partition coefficient (Wildman–Crippen LogP) is 1.50. The normalized spacial score (nSPS) is 17.4. The van der Waals surface area contributed by atoms with Crippen molar-refractivity contribution in [2.75, 3.05) is 0 Å². The maximum Gasteiger partial charge on any atom is 0.168 e. The molecule has 0 N–H and O–H groups in total. The Kier molecular flexibility index (Phi) is 2.22. The molecule has 0 bridgehead atoms. The Morgan fingerprint density at radius 3 is 2.55 bits per heavy atom. The minimum absolute atomic E-state index is 0.00694. The first-order valence-corrected chi connectivity index (χ1v) is 3.90. The van der Waals surface area contributed by atoms with E-state index in [2.05, 4.69) is 0 Å². The maximum atomic E-state index is 11.3. The number of ketones is 2.